The molecule has 3 aliphatic heterocycles. The Balaban J connectivity index is 1.06. The fourth-order valence-corrected chi connectivity index (χ4v) is 8.75. The maximum Gasteiger partial charge on any atom is 0.318 e. The quantitative estimate of drug-likeness (QED) is 0.215. The molecule has 0 saturated carbocycles. The van der Waals surface area contributed by atoms with Crippen LogP contribution in [0, 0.1) is 6.92 Å². The molecule has 16 heteroatoms. The predicted molar refractivity (Wildman–Crippen MR) is 212 cm³/mol. The molecule has 1 atom stereocenters. The number of hydrogen-bond acceptors (Lipinski definition) is 9. The summed E-state index contributed by atoms with van der Waals surface area (Å²) >= 11 is 13.0. The zero-order valence-electron chi connectivity index (χ0n) is 31.7. The van der Waals surface area contributed by atoms with Crippen LogP contribution in [-0.2, 0) is 15.7 Å². The van der Waals surface area contributed by atoms with Crippen molar-refractivity contribution >= 4 is 41.1 Å². The number of aromatic nitrogens is 4. The third-order valence-electron chi connectivity index (χ3n) is 11.8. The van der Waals surface area contributed by atoms with Gasteiger partial charge in [-0.15, -0.1) is 5.10 Å². The van der Waals surface area contributed by atoms with Gasteiger partial charge in [0.2, 0.25) is 0 Å². The Bertz CT molecular complexity index is 2050. The maximum atomic E-state index is 14.3. The zero-order valence-corrected chi connectivity index (χ0v) is 33.2. The summed E-state index contributed by atoms with van der Waals surface area (Å²) in [5, 5.41) is 25.4. The van der Waals surface area contributed by atoms with Gasteiger partial charge in [0.15, 0.2) is 5.82 Å². The van der Waals surface area contributed by atoms with Gasteiger partial charge >= 0.3 is 12.0 Å². The standard InChI is InChI=1S/C40H47Cl2N9O5/c1-28-44-45-46-51(28)31-9-11-35(56-2)32(25-31)37(54)50-19-13-39(27-50,30-8-10-33(41)34(42)24-30)12-16-47-17-14-40(15-18-47,29-6-4-3-5-7-29)43-38(55)49-22-20-48(21-23-49)26-36(52)53/h3-11,24-25H,12-23,26-27H2,1-2H3,(H,43,55)(H,52,53). The number of carboxylic acids is 1. The normalized spacial score (nSPS) is 20.2. The summed E-state index contributed by atoms with van der Waals surface area (Å²) in [6.07, 6.45) is 2.97. The van der Waals surface area contributed by atoms with Crippen molar-refractivity contribution in [1.82, 2.24) is 45.1 Å². The number of benzene rings is 3. The average molecular weight is 805 g/mol. The lowest BCUT2D eigenvalue weighted by Crippen LogP contribution is -2.59. The number of piperazine rings is 1. The van der Waals surface area contributed by atoms with Crippen LogP contribution in [-0.4, -0.2) is 135 Å². The molecule has 296 valence electrons. The van der Waals surface area contributed by atoms with Crippen LogP contribution in [0.15, 0.2) is 66.7 Å². The van der Waals surface area contributed by atoms with Crippen molar-refractivity contribution in [2.45, 2.75) is 43.6 Å². The fraction of sp³-hybridized carbons (Fsp3) is 0.450. The van der Waals surface area contributed by atoms with Gasteiger partial charge in [0.25, 0.3) is 5.91 Å². The van der Waals surface area contributed by atoms with Crippen LogP contribution in [0.3, 0.4) is 0 Å². The minimum atomic E-state index is -0.862. The Hall–Kier alpha value is -4.76. The number of aliphatic carboxylic acids is 1. The van der Waals surface area contributed by atoms with Crippen molar-refractivity contribution < 1.29 is 24.2 Å². The summed E-state index contributed by atoms with van der Waals surface area (Å²) in [6, 6.07) is 21.2. The zero-order chi connectivity index (χ0) is 39.5. The van der Waals surface area contributed by atoms with E-state index < -0.39 is 11.5 Å². The molecule has 1 aromatic heterocycles. The van der Waals surface area contributed by atoms with Gasteiger partial charge in [-0.1, -0.05) is 59.6 Å². The van der Waals surface area contributed by atoms with Crippen LogP contribution >= 0.6 is 23.2 Å². The molecule has 3 aromatic carbocycles. The molecule has 3 fully saturated rings. The van der Waals surface area contributed by atoms with Crippen molar-refractivity contribution in [1.29, 1.82) is 0 Å². The molecule has 4 aromatic rings. The topological polar surface area (TPSA) is 149 Å². The predicted octanol–water partition coefficient (Wildman–Crippen LogP) is 4.86. The number of urea groups is 1. The number of halogens is 2. The summed E-state index contributed by atoms with van der Waals surface area (Å²) < 4.78 is 7.23. The van der Waals surface area contributed by atoms with Crippen LogP contribution in [0.4, 0.5) is 4.79 Å². The molecule has 0 bridgehead atoms. The van der Waals surface area contributed by atoms with Crippen LogP contribution < -0.4 is 10.1 Å². The number of carbonyl (C=O) groups is 3. The van der Waals surface area contributed by atoms with Gasteiger partial charge in [0.1, 0.15) is 5.75 Å². The number of rotatable bonds is 11. The highest BCUT2D eigenvalue weighted by Crippen LogP contribution is 2.42. The van der Waals surface area contributed by atoms with E-state index in [0.717, 1.165) is 56.4 Å². The third-order valence-corrected chi connectivity index (χ3v) is 12.5. The number of ether oxygens (including phenoxy) is 1. The first-order chi connectivity index (χ1) is 27.0. The Morgan fingerprint density at radius 2 is 1.59 bits per heavy atom. The Labute approximate surface area is 336 Å². The van der Waals surface area contributed by atoms with Gasteiger partial charge in [0, 0.05) is 57.8 Å². The second-order valence-corrected chi connectivity index (χ2v) is 15.8. The SMILES string of the molecule is COc1ccc(-n2nnnc2C)cc1C(=O)N1CCC(CCN2CCC(NC(=O)N3CCN(CC(=O)O)CC3)(c3ccccc3)CC2)(c2ccc(Cl)c(Cl)c2)C1. The van der Waals surface area contributed by atoms with Crippen LogP contribution in [0.1, 0.15) is 53.0 Å². The molecule has 1 unspecified atom stereocenters. The highest BCUT2D eigenvalue weighted by atomic mass is 35.5. The van der Waals surface area contributed by atoms with Gasteiger partial charge in [-0.05, 0) is 91.0 Å². The Morgan fingerprint density at radius 3 is 2.25 bits per heavy atom. The van der Waals surface area contributed by atoms with Crippen LogP contribution in [0.2, 0.25) is 10.0 Å². The lowest BCUT2D eigenvalue weighted by molar-refractivity contribution is -0.138. The van der Waals surface area contributed by atoms with Gasteiger partial charge in [-0.2, -0.15) is 4.68 Å². The molecule has 2 N–H and O–H groups in total. The summed E-state index contributed by atoms with van der Waals surface area (Å²) in [5.41, 5.74) is 2.29. The summed E-state index contributed by atoms with van der Waals surface area (Å²) in [4.78, 5) is 47.2. The molecular formula is C40H47Cl2N9O5. The molecule has 0 radical (unpaired) electrons. The van der Waals surface area contributed by atoms with E-state index in [1.165, 1.54) is 0 Å². The molecule has 3 saturated heterocycles. The molecule has 56 heavy (non-hydrogen) atoms. The van der Waals surface area contributed by atoms with E-state index in [-0.39, 0.29) is 23.9 Å². The molecule has 3 amide bonds. The Kier molecular flexibility index (Phi) is 11.8. The van der Waals surface area contributed by atoms with Gasteiger partial charge < -0.3 is 29.9 Å². The number of aryl methyl sites for hydroxylation is 1. The minimum Gasteiger partial charge on any atom is -0.496 e. The number of amides is 3. The number of nitrogens with one attached hydrogen (secondary N) is 1. The monoisotopic (exact) mass is 803 g/mol. The number of nitrogens with zero attached hydrogens (tertiary/aromatic N) is 8. The highest BCUT2D eigenvalue weighted by Gasteiger charge is 2.44. The fourth-order valence-electron chi connectivity index (χ4n) is 8.45. The number of piperidine rings is 1. The van der Waals surface area contributed by atoms with E-state index in [4.69, 9.17) is 27.9 Å². The van der Waals surface area contributed by atoms with E-state index in [1.54, 1.807) is 35.7 Å². The first kappa shape index (κ1) is 39.5. The van der Waals surface area contributed by atoms with Gasteiger partial charge in [0.05, 0.1) is 40.5 Å². The number of hydrogen-bond donors (Lipinski definition) is 2. The summed E-state index contributed by atoms with van der Waals surface area (Å²) in [6.45, 7) is 7.12. The summed E-state index contributed by atoms with van der Waals surface area (Å²) in [7, 11) is 1.56. The van der Waals surface area contributed by atoms with E-state index in [1.807, 2.05) is 52.3 Å². The minimum absolute atomic E-state index is 0.0226. The van der Waals surface area contributed by atoms with E-state index in [2.05, 4.69) is 37.9 Å². The van der Waals surface area contributed by atoms with Crippen molar-refractivity contribution in [3.05, 3.63) is 99.3 Å². The van der Waals surface area contributed by atoms with E-state index >= 15 is 0 Å². The summed E-state index contributed by atoms with van der Waals surface area (Å²) in [5.74, 6) is 0.0710. The average Bonchev–Trinajstić information content (AvgIpc) is 3.85. The lowest BCUT2D eigenvalue weighted by Gasteiger charge is -2.45. The van der Waals surface area contributed by atoms with Crippen LogP contribution in [0.5, 0.6) is 5.75 Å². The van der Waals surface area contributed by atoms with E-state index in [9.17, 15) is 19.5 Å². The van der Waals surface area contributed by atoms with Crippen molar-refractivity contribution in [3.63, 3.8) is 0 Å². The number of likely N-dealkylation sites (tertiary alicyclic amines) is 2. The van der Waals surface area contributed by atoms with Crippen molar-refractivity contribution in [2.75, 3.05) is 72.6 Å². The second-order valence-electron chi connectivity index (χ2n) is 15.0. The molecule has 0 spiro atoms. The molecule has 14 nitrogen and oxygen atoms in total. The number of tetrazole rings is 1. The molecule has 0 aliphatic carbocycles. The Morgan fingerprint density at radius 1 is 0.839 bits per heavy atom. The largest absolute Gasteiger partial charge is 0.496 e. The van der Waals surface area contributed by atoms with E-state index in [0.29, 0.717) is 72.1 Å². The first-order valence-corrected chi connectivity index (χ1v) is 19.7. The van der Waals surface area contributed by atoms with Crippen molar-refractivity contribution in [2.24, 2.45) is 0 Å². The highest BCUT2D eigenvalue weighted by molar-refractivity contribution is 6.42. The molecule has 4 heterocycles. The number of methoxy groups -OCH3 is 1. The second kappa shape index (κ2) is 16.8. The van der Waals surface area contributed by atoms with Crippen molar-refractivity contribution in [3.8, 4) is 11.4 Å². The smallest absolute Gasteiger partial charge is 0.318 e. The number of carbonyl (C=O) groups excluding carboxylic acids is 2. The van der Waals surface area contributed by atoms with Gasteiger partial charge in [-0.3, -0.25) is 14.5 Å². The maximum absolute atomic E-state index is 14.3. The molecular weight excluding hydrogens is 757 g/mol. The first-order valence-electron chi connectivity index (χ1n) is 19.0. The van der Waals surface area contributed by atoms with Crippen LogP contribution in [0.25, 0.3) is 5.69 Å². The number of carboxylic acid groups (broad SMARTS) is 1. The molecule has 3 aliphatic rings. The third kappa shape index (κ3) is 8.34. The lowest BCUT2D eigenvalue weighted by atomic mass is 9.76. The van der Waals surface area contributed by atoms with Gasteiger partial charge in [-0.25, -0.2) is 4.79 Å². The molecule has 7 rings (SSSR count).